The van der Waals surface area contributed by atoms with E-state index in [-0.39, 0.29) is 28.7 Å². The molecule has 0 fully saturated rings. The molecular weight excluding hydrogens is 478 g/mol. The van der Waals surface area contributed by atoms with Crippen molar-refractivity contribution in [2.75, 3.05) is 10.6 Å². The molecule has 184 valence electrons. The number of nitrogens with zero attached hydrogens (tertiary/aromatic N) is 5. The van der Waals surface area contributed by atoms with Crippen LogP contribution in [0.5, 0.6) is 0 Å². The standard InChI is InChI=1S/C25H19N7O5/c1-15-21(24(33)27-18-9-3-2-4-10-18)22(16-7-5-11-19(13-16)31(34)35)30-25(26-15)28-23(29-30)17-8-6-12-20(14-17)32(36)37/h2-14,22H,1H3,(H,27,33)(H,26,28,29). The number of aromatic nitrogens is 3. The molecule has 0 aliphatic carbocycles. The third-order valence-electron chi connectivity index (χ3n) is 5.84. The first-order valence-corrected chi connectivity index (χ1v) is 11.1. The lowest BCUT2D eigenvalue weighted by molar-refractivity contribution is -0.385. The number of amides is 1. The normalized spacial score (nSPS) is 14.5. The maximum atomic E-state index is 13.5. The smallest absolute Gasteiger partial charge is 0.270 e. The number of allylic oxidation sites excluding steroid dienone is 1. The van der Waals surface area contributed by atoms with E-state index in [1.54, 1.807) is 43.3 Å². The van der Waals surface area contributed by atoms with Gasteiger partial charge in [0.05, 0.1) is 15.4 Å². The molecule has 1 unspecified atom stereocenters. The Labute approximate surface area is 209 Å². The van der Waals surface area contributed by atoms with Crippen molar-refractivity contribution < 1.29 is 14.6 Å². The number of hydrogen-bond donors (Lipinski definition) is 2. The molecule has 1 aliphatic rings. The second-order valence-electron chi connectivity index (χ2n) is 8.25. The van der Waals surface area contributed by atoms with Crippen LogP contribution in [0.2, 0.25) is 0 Å². The SMILES string of the molecule is CC1=C(C(=O)Nc2ccccc2)C(c2cccc([N+](=O)[O-])c2)n2nc(-c3cccc([N+](=O)[O-])c3)nc2N1. The summed E-state index contributed by atoms with van der Waals surface area (Å²) in [6.45, 7) is 1.70. The number of fused-ring (bicyclic) bond motifs is 1. The van der Waals surface area contributed by atoms with Crippen molar-refractivity contribution in [2.45, 2.75) is 13.0 Å². The van der Waals surface area contributed by atoms with E-state index in [9.17, 15) is 25.0 Å². The van der Waals surface area contributed by atoms with E-state index in [0.29, 0.717) is 22.5 Å². The van der Waals surface area contributed by atoms with E-state index in [2.05, 4.69) is 20.7 Å². The summed E-state index contributed by atoms with van der Waals surface area (Å²) < 4.78 is 1.46. The van der Waals surface area contributed by atoms with Crippen LogP contribution in [0.3, 0.4) is 0 Å². The van der Waals surface area contributed by atoms with Crippen LogP contribution in [-0.2, 0) is 4.79 Å². The molecule has 0 spiro atoms. The van der Waals surface area contributed by atoms with Crippen LogP contribution in [0.15, 0.2) is 90.1 Å². The molecule has 2 heterocycles. The second-order valence-corrected chi connectivity index (χ2v) is 8.25. The molecule has 1 aliphatic heterocycles. The number of benzene rings is 3. The fourth-order valence-corrected chi connectivity index (χ4v) is 4.16. The Kier molecular flexibility index (Phi) is 5.89. The maximum Gasteiger partial charge on any atom is 0.270 e. The number of nitro benzene ring substituents is 2. The molecule has 0 radical (unpaired) electrons. The summed E-state index contributed by atoms with van der Waals surface area (Å²) in [5.41, 5.74) is 1.94. The molecule has 37 heavy (non-hydrogen) atoms. The fourth-order valence-electron chi connectivity index (χ4n) is 4.16. The first kappa shape index (κ1) is 23.4. The number of anilines is 2. The Morgan fingerprint density at radius 1 is 0.946 bits per heavy atom. The minimum atomic E-state index is -0.861. The number of carbonyl (C=O) groups is 1. The van der Waals surface area contributed by atoms with E-state index in [1.807, 2.05) is 6.07 Å². The van der Waals surface area contributed by atoms with E-state index in [0.717, 1.165) is 0 Å². The van der Waals surface area contributed by atoms with Crippen molar-refractivity contribution >= 4 is 28.9 Å². The zero-order valence-corrected chi connectivity index (χ0v) is 19.4. The largest absolute Gasteiger partial charge is 0.328 e. The first-order chi connectivity index (χ1) is 17.8. The van der Waals surface area contributed by atoms with Gasteiger partial charge >= 0.3 is 0 Å². The van der Waals surface area contributed by atoms with Gasteiger partial charge in [-0.1, -0.05) is 42.5 Å². The molecule has 5 rings (SSSR count). The molecule has 2 N–H and O–H groups in total. The van der Waals surface area contributed by atoms with Gasteiger partial charge in [0.15, 0.2) is 5.82 Å². The third kappa shape index (κ3) is 4.50. The van der Waals surface area contributed by atoms with E-state index in [4.69, 9.17) is 0 Å². The molecule has 12 heteroatoms. The van der Waals surface area contributed by atoms with Gasteiger partial charge in [-0.25, -0.2) is 4.68 Å². The number of rotatable bonds is 6. The average Bonchev–Trinajstić information content (AvgIpc) is 3.32. The lowest BCUT2D eigenvalue weighted by Gasteiger charge is -2.28. The van der Waals surface area contributed by atoms with Crippen molar-refractivity contribution in [1.82, 2.24) is 14.8 Å². The Balaban J connectivity index is 1.63. The summed E-state index contributed by atoms with van der Waals surface area (Å²) in [6, 6.07) is 19.9. The van der Waals surface area contributed by atoms with Crippen LogP contribution >= 0.6 is 0 Å². The quantitative estimate of drug-likeness (QED) is 0.287. The highest BCUT2D eigenvalue weighted by Gasteiger charge is 2.35. The Hall–Kier alpha value is -5.39. The van der Waals surface area contributed by atoms with Crippen LogP contribution in [0.4, 0.5) is 23.0 Å². The number of nitro groups is 2. The zero-order valence-electron chi connectivity index (χ0n) is 19.4. The predicted octanol–water partition coefficient (Wildman–Crippen LogP) is 4.69. The van der Waals surface area contributed by atoms with Crippen molar-refractivity contribution in [3.05, 3.63) is 116 Å². The zero-order chi connectivity index (χ0) is 26.1. The van der Waals surface area contributed by atoms with E-state index < -0.39 is 21.8 Å². The molecular formula is C25H19N7O5. The summed E-state index contributed by atoms with van der Waals surface area (Å²) >= 11 is 0. The number of carbonyl (C=O) groups excluding carboxylic acids is 1. The monoisotopic (exact) mass is 497 g/mol. The Morgan fingerprint density at radius 3 is 2.32 bits per heavy atom. The fraction of sp³-hybridized carbons (Fsp3) is 0.0800. The average molecular weight is 497 g/mol. The summed E-state index contributed by atoms with van der Waals surface area (Å²) in [5.74, 6) is 0.0525. The van der Waals surface area contributed by atoms with Gasteiger partial charge in [-0.3, -0.25) is 25.0 Å². The van der Waals surface area contributed by atoms with E-state index >= 15 is 0 Å². The van der Waals surface area contributed by atoms with Gasteiger partial charge in [0, 0.05) is 41.2 Å². The van der Waals surface area contributed by atoms with Crippen LogP contribution in [-0.4, -0.2) is 30.5 Å². The summed E-state index contributed by atoms with van der Waals surface area (Å²) in [6.07, 6.45) is 0. The third-order valence-corrected chi connectivity index (χ3v) is 5.84. The van der Waals surface area contributed by atoms with Crippen molar-refractivity contribution in [3.63, 3.8) is 0 Å². The molecule has 4 aromatic rings. The molecule has 3 aromatic carbocycles. The molecule has 0 saturated heterocycles. The first-order valence-electron chi connectivity index (χ1n) is 11.1. The van der Waals surface area contributed by atoms with Crippen molar-refractivity contribution in [1.29, 1.82) is 0 Å². The van der Waals surface area contributed by atoms with Crippen LogP contribution in [0, 0.1) is 20.2 Å². The van der Waals surface area contributed by atoms with E-state index in [1.165, 1.54) is 41.1 Å². The second kappa shape index (κ2) is 9.34. The highest BCUT2D eigenvalue weighted by atomic mass is 16.6. The minimum Gasteiger partial charge on any atom is -0.328 e. The van der Waals surface area contributed by atoms with Gasteiger partial charge < -0.3 is 10.6 Å². The summed E-state index contributed by atoms with van der Waals surface area (Å²) in [4.78, 5) is 39.7. The highest BCUT2D eigenvalue weighted by Crippen LogP contribution is 2.38. The van der Waals surface area contributed by atoms with Crippen molar-refractivity contribution in [2.24, 2.45) is 0 Å². The number of para-hydroxylation sites is 1. The Bertz CT molecular complexity index is 1580. The number of nitrogens with one attached hydrogen (secondary N) is 2. The summed E-state index contributed by atoms with van der Waals surface area (Å²) in [7, 11) is 0. The highest BCUT2D eigenvalue weighted by molar-refractivity contribution is 6.06. The van der Waals surface area contributed by atoms with Gasteiger partial charge in [0.1, 0.15) is 6.04 Å². The van der Waals surface area contributed by atoms with Crippen LogP contribution < -0.4 is 10.6 Å². The summed E-state index contributed by atoms with van der Waals surface area (Å²) in [5, 5.41) is 33.3. The van der Waals surface area contributed by atoms with Crippen LogP contribution in [0.25, 0.3) is 11.4 Å². The maximum absolute atomic E-state index is 13.5. The van der Waals surface area contributed by atoms with Gasteiger partial charge in [0.25, 0.3) is 17.3 Å². The molecule has 0 bridgehead atoms. The molecule has 12 nitrogen and oxygen atoms in total. The topological polar surface area (TPSA) is 158 Å². The van der Waals surface area contributed by atoms with Gasteiger partial charge in [-0.15, -0.1) is 5.10 Å². The predicted molar refractivity (Wildman–Crippen MR) is 135 cm³/mol. The van der Waals surface area contributed by atoms with Crippen molar-refractivity contribution in [3.8, 4) is 11.4 Å². The number of hydrogen-bond acceptors (Lipinski definition) is 8. The van der Waals surface area contributed by atoms with Crippen LogP contribution in [0.1, 0.15) is 18.5 Å². The molecule has 1 aromatic heterocycles. The lowest BCUT2D eigenvalue weighted by atomic mass is 9.94. The molecule has 1 atom stereocenters. The molecule has 1 amide bonds. The van der Waals surface area contributed by atoms with Gasteiger partial charge in [-0.05, 0) is 24.6 Å². The Morgan fingerprint density at radius 2 is 1.62 bits per heavy atom. The minimum absolute atomic E-state index is 0.120. The number of non-ortho nitro benzene ring substituents is 2. The van der Waals surface area contributed by atoms with Gasteiger partial charge in [-0.2, -0.15) is 4.98 Å². The lowest BCUT2D eigenvalue weighted by Crippen LogP contribution is -2.31. The van der Waals surface area contributed by atoms with Gasteiger partial charge in [0.2, 0.25) is 5.95 Å². The molecule has 0 saturated carbocycles.